The fraction of sp³-hybridized carbons (Fsp3) is 0.118. The number of aromatic nitrogens is 2. The SMILES string of the molecule is Cc1nc(C(=O)N(C)c2ccccc2)c2ccccc2n1. The quantitative estimate of drug-likeness (QED) is 0.722. The molecule has 21 heavy (non-hydrogen) atoms. The molecule has 4 heteroatoms. The van der Waals surface area contributed by atoms with Crippen molar-refractivity contribution in [2.24, 2.45) is 0 Å². The summed E-state index contributed by atoms with van der Waals surface area (Å²) in [5, 5.41) is 0.774. The molecule has 104 valence electrons. The predicted octanol–water partition coefficient (Wildman–Crippen LogP) is 3.21. The third-order valence-corrected chi connectivity index (χ3v) is 3.37. The molecule has 0 N–H and O–H groups in total. The number of hydrogen-bond acceptors (Lipinski definition) is 3. The molecule has 0 unspecified atom stereocenters. The summed E-state index contributed by atoms with van der Waals surface area (Å²) in [5.41, 5.74) is 2.06. The number of anilines is 1. The average Bonchev–Trinajstić information content (AvgIpc) is 2.53. The zero-order valence-electron chi connectivity index (χ0n) is 11.9. The van der Waals surface area contributed by atoms with Crippen molar-refractivity contribution >= 4 is 22.5 Å². The lowest BCUT2D eigenvalue weighted by atomic mass is 10.1. The molecule has 0 spiro atoms. The number of carbonyl (C=O) groups excluding carboxylic acids is 1. The Morgan fingerprint density at radius 1 is 0.952 bits per heavy atom. The van der Waals surface area contributed by atoms with Gasteiger partial charge >= 0.3 is 0 Å². The van der Waals surface area contributed by atoms with Crippen LogP contribution in [-0.4, -0.2) is 22.9 Å². The number of fused-ring (bicyclic) bond motifs is 1. The van der Waals surface area contributed by atoms with E-state index in [1.165, 1.54) is 0 Å². The zero-order chi connectivity index (χ0) is 14.8. The summed E-state index contributed by atoms with van der Waals surface area (Å²) in [6.45, 7) is 1.80. The molecule has 0 fully saturated rings. The van der Waals surface area contributed by atoms with E-state index in [4.69, 9.17) is 0 Å². The summed E-state index contributed by atoms with van der Waals surface area (Å²) in [5.74, 6) is 0.460. The summed E-state index contributed by atoms with van der Waals surface area (Å²) in [7, 11) is 1.75. The van der Waals surface area contributed by atoms with E-state index in [0.29, 0.717) is 11.5 Å². The predicted molar refractivity (Wildman–Crippen MR) is 83.5 cm³/mol. The van der Waals surface area contributed by atoms with Gasteiger partial charge < -0.3 is 4.90 Å². The van der Waals surface area contributed by atoms with Gasteiger partial charge in [-0.1, -0.05) is 36.4 Å². The minimum absolute atomic E-state index is 0.136. The van der Waals surface area contributed by atoms with Crippen molar-refractivity contribution in [2.75, 3.05) is 11.9 Å². The summed E-state index contributed by atoms with van der Waals surface area (Å²) >= 11 is 0. The Bertz CT molecular complexity index is 799. The Hall–Kier alpha value is -2.75. The molecule has 1 amide bonds. The second-order valence-corrected chi connectivity index (χ2v) is 4.84. The lowest BCUT2D eigenvalue weighted by Gasteiger charge is -2.17. The van der Waals surface area contributed by atoms with Gasteiger partial charge in [0.1, 0.15) is 11.5 Å². The highest BCUT2D eigenvalue weighted by molar-refractivity contribution is 6.11. The van der Waals surface area contributed by atoms with Gasteiger partial charge in [-0.2, -0.15) is 0 Å². The van der Waals surface area contributed by atoms with E-state index in [1.54, 1.807) is 18.9 Å². The van der Waals surface area contributed by atoms with Crippen LogP contribution in [0.5, 0.6) is 0 Å². The highest BCUT2D eigenvalue weighted by Gasteiger charge is 2.18. The lowest BCUT2D eigenvalue weighted by molar-refractivity contribution is 0.0989. The molecule has 0 saturated carbocycles. The van der Waals surface area contributed by atoms with Gasteiger partial charge in [0, 0.05) is 18.1 Å². The van der Waals surface area contributed by atoms with Gasteiger partial charge in [0.2, 0.25) is 0 Å². The topological polar surface area (TPSA) is 46.1 Å². The molecule has 0 aliphatic rings. The van der Waals surface area contributed by atoms with Gasteiger partial charge in [0.25, 0.3) is 5.91 Å². The molecular formula is C17H15N3O. The first kappa shape index (κ1) is 13.2. The van der Waals surface area contributed by atoms with Crippen LogP contribution in [-0.2, 0) is 0 Å². The van der Waals surface area contributed by atoms with E-state index in [9.17, 15) is 4.79 Å². The van der Waals surface area contributed by atoms with Crippen molar-refractivity contribution in [1.29, 1.82) is 0 Å². The van der Waals surface area contributed by atoms with Crippen LogP contribution in [0.1, 0.15) is 16.3 Å². The summed E-state index contributed by atoms with van der Waals surface area (Å²) in [6, 6.07) is 17.1. The van der Waals surface area contributed by atoms with Gasteiger partial charge in [-0.15, -0.1) is 0 Å². The zero-order valence-corrected chi connectivity index (χ0v) is 11.9. The molecule has 3 rings (SSSR count). The van der Waals surface area contributed by atoms with E-state index < -0.39 is 0 Å². The number of carbonyl (C=O) groups is 1. The molecule has 3 aromatic rings. The number of amides is 1. The largest absolute Gasteiger partial charge is 0.310 e. The third-order valence-electron chi connectivity index (χ3n) is 3.37. The van der Waals surface area contributed by atoms with E-state index in [2.05, 4.69) is 9.97 Å². The molecule has 0 atom stereocenters. The van der Waals surface area contributed by atoms with E-state index >= 15 is 0 Å². The molecule has 0 bridgehead atoms. The number of para-hydroxylation sites is 2. The molecule has 1 heterocycles. The number of rotatable bonds is 2. The molecule has 0 aliphatic heterocycles. The Labute approximate surface area is 123 Å². The van der Waals surface area contributed by atoms with Crippen molar-refractivity contribution in [1.82, 2.24) is 9.97 Å². The maximum atomic E-state index is 12.7. The minimum Gasteiger partial charge on any atom is -0.310 e. The number of benzene rings is 2. The van der Waals surface area contributed by atoms with E-state index in [-0.39, 0.29) is 5.91 Å². The molecular weight excluding hydrogens is 262 g/mol. The van der Waals surface area contributed by atoms with E-state index in [0.717, 1.165) is 16.6 Å². The van der Waals surface area contributed by atoms with E-state index in [1.807, 2.05) is 54.6 Å². The summed E-state index contributed by atoms with van der Waals surface area (Å²) in [4.78, 5) is 23.1. The van der Waals surface area contributed by atoms with Crippen molar-refractivity contribution < 1.29 is 4.79 Å². The van der Waals surface area contributed by atoms with Crippen molar-refractivity contribution in [3.63, 3.8) is 0 Å². The Balaban J connectivity index is 2.10. The minimum atomic E-state index is -0.136. The Kier molecular flexibility index (Phi) is 3.36. The van der Waals surface area contributed by atoms with Crippen molar-refractivity contribution in [2.45, 2.75) is 6.92 Å². The van der Waals surface area contributed by atoms with Crippen LogP contribution in [0.25, 0.3) is 10.9 Å². The normalized spacial score (nSPS) is 10.6. The van der Waals surface area contributed by atoms with Crippen LogP contribution in [0.4, 0.5) is 5.69 Å². The first-order valence-electron chi connectivity index (χ1n) is 6.73. The number of hydrogen-bond donors (Lipinski definition) is 0. The van der Waals surface area contributed by atoms with Gasteiger partial charge in [0.15, 0.2) is 0 Å². The first-order valence-corrected chi connectivity index (χ1v) is 6.73. The van der Waals surface area contributed by atoms with Crippen molar-refractivity contribution in [3.8, 4) is 0 Å². The van der Waals surface area contributed by atoms with Crippen LogP contribution in [0.2, 0.25) is 0 Å². The monoisotopic (exact) mass is 277 g/mol. The fourth-order valence-electron chi connectivity index (χ4n) is 2.28. The molecule has 1 aromatic heterocycles. The first-order chi connectivity index (χ1) is 10.2. The number of nitrogens with zero attached hydrogens (tertiary/aromatic N) is 3. The standard InChI is InChI=1S/C17H15N3O/c1-12-18-15-11-7-6-10-14(15)16(19-12)17(21)20(2)13-8-4-3-5-9-13/h3-11H,1-2H3. The summed E-state index contributed by atoms with van der Waals surface area (Å²) in [6.07, 6.45) is 0. The molecule has 0 saturated heterocycles. The molecule has 2 aromatic carbocycles. The average molecular weight is 277 g/mol. The second-order valence-electron chi connectivity index (χ2n) is 4.84. The van der Waals surface area contributed by atoms with Crippen LogP contribution >= 0.6 is 0 Å². The molecule has 0 aliphatic carbocycles. The molecule has 4 nitrogen and oxygen atoms in total. The molecule has 0 radical (unpaired) electrons. The van der Waals surface area contributed by atoms with Crippen molar-refractivity contribution in [3.05, 3.63) is 66.1 Å². The van der Waals surface area contributed by atoms with Crippen LogP contribution in [0.3, 0.4) is 0 Å². The summed E-state index contributed by atoms with van der Waals surface area (Å²) < 4.78 is 0. The van der Waals surface area contributed by atoms with Crippen LogP contribution in [0, 0.1) is 6.92 Å². The smallest absolute Gasteiger partial charge is 0.277 e. The van der Waals surface area contributed by atoms with Crippen LogP contribution < -0.4 is 4.90 Å². The maximum absolute atomic E-state index is 12.7. The van der Waals surface area contributed by atoms with Gasteiger partial charge in [-0.3, -0.25) is 4.79 Å². The maximum Gasteiger partial charge on any atom is 0.277 e. The lowest BCUT2D eigenvalue weighted by Crippen LogP contribution is -2.27. The van der Waals surface area contributed by atoms with Gasteiger partial charge in [0.05, 0.1) is 5.52 Å². The third kappa shape index (κ3) is 2.48. The van der Waals surface area contributed by atoms with Gasteiger partial charge in [-0.25, -0.2) is 9.97 Å². The second kappa shape index (κ2) is 5.32. The highest BCUT2D eigenvalue weighted by Crippen LogP contribution is 2.20. The number of aryl methyl sites for hydroxylation is 1. The van der Waals surface area contributed by atoms with Crippen LogP contribution in [0.15, 0.2) is 54.6 Å². The highest BCUT2D eigenvalue weighted by atomic mass is 16.2. The Morgan fingerprint density at radius 2 is 1.62 bits per heavy atom. The Morgan fingerprint density at radius 3 is 2.38 bits per heavy atom. The fourth-order valence-corrected chi connectivity index (χ4v) is 2.28. The van der Waals surface area contributed by atoms with Gasteiger partial charge in [-0.05, 0) is 25.1 Å².